The lowest BCUT2D eigenvalue weighted by Crippen LogP contribution is -2.03. The fraction of sp³-hybridized carbons (Fsp3) is 0.294. The van der Waals surface area contributed by atoms with Crippen molar-refractivity contribution in [2.24, 2.45) is 0 Å². The molecule has 0 bridgehead atoms. The molecule has 1 atom stereocenters. The maximum absolute atomic E-state index is 13.9. The first-order chi connectivity index (χ1) is 9.97. The molecule has 0 nitrogen and oxygen atoms in total. The molecule has 0 amide bonds. The van der Waals surface area contributed by atoms with E-state index in [9.17, 15) is 13.2 Å². The van der Waals surface area contributed by atoms with Gasteiger partial charge in [0.05, 0.1) is 4.83 Å². The minimum absolute atomic E-state index is 0.164. The summed E-state index contributed by atoms with van der Waals surface area (Å²) in [7, 11) is 0. The van der Waals surface area contributed by atoms with E-state index >= 15 is 0 Å². The predicted octanol–water partition coefficient (Wildman–Crippen LogP) is 5.71. The van der Waals surface area contributed by atoms with E-state index in [1.165, 1.54) is 5.56 Å². The van der Waals surface area contributed by atoms with Gasteiger partial charge < -0.3 is 0 Å². The maximum Gasteiger partial charge on any atom is 0.133 e. The summed E-state index contributed by atoms with van der Waals surface area (Å²) in [6.45, 7) is 4.11. The van der Waals surface area contributed by atoms with Crippen LogP contribution >= 0.6 is 15.9 Å². The van der Waals surface area contributed by atoms with Gasteiger partial charge in [-0.25, -0.2) is 13.2 Å². The van der Waals surface area contributed by atoms with Crippen LogP contribution in [0.15, 0.2) is 30.3 Å². The average Bonchev–Trinajstić information content (AvgIpc) is 2.45. The molecule has 0 aliphatic carbocycles. The highest BCUT2D eigenvalue weighted by Crippen LogP contribution is 2.35. The Morgan fingerprint density at radius 2 is 1.48 bits per heavy atom. The first kappa shape index (κ1) is 16.1. The summed E-state index contributed by atoms with van der Waals surface area (Å²) in [5.41, 5.74) is 2.97. The van der Waals surface area contributed by atoms with Crippen LogP contribution in [0.4, 0.5) is 13.2 Å². The predicted molar refractivity (Wildman–Crippen MR) is 82.3 cm³/mol. The molecule has 21 heavy (non-hydrogen) atoms. The van der Waals surface area contributed by atoms with Gasteiger partial charge in [-0.15, -0.1) is 0 Å². The van der Waals surface area contributed by atoms with Crippen LogP contribution in [0.3, 0.4) is 0 Å². The van der Waals surface area contributed by atoms with Crippen molar-refractivity contribution >= 4 is 15.9 Å². The second kappa shape index (κ2) is 6.65. The monoisotopic (exact) mass is 356 g/mol. The average molecular weight is 357 g/mol. The van der Waals surface area contributed by atoms with Crippen LogP contribution < -0.4 is 0 Å². The summed E-state index contributed by atoms with van der Waals surface area (Å²) < 4.78 is 40.7. The zero-order valence-electron chi connectivity index (χ0n) is 11.9. The third-order valence-electron chi connectivity index (χ3n) is 3.58. The van der Waals surface area contributed by atoms with Gasteiger partial charge in [-0.1, -0.05) is 48.0 Å². The fourth-order valence-corrected chi connectivity index (χ4v) is 3.16. The fourth-order valence-electron chi connectivity index (χ4n) is 2.44. The summed E-state index contributed by atoms with van der Waals surface area (Å²) in [4.78, 5) is -0.644. The number of hydrogen-bond acceptors (Lipinski definition) is 0. The molecule has 0 N–H and O–H groups in total. The minimum Gasteiger partial charge on any atom is -0.207 e. The molecule has 0 fully saturated rings. The van der Waals surface area contributed by atoms with E-state index in [-0.39, 0.29) is 5.56 Å². The Balaban J connectivity index is 2.47. The Morgan fingerprint density at radius 1 is 0.905 bits per heavy atom. The van der Waals surface area contributed by atoms with Gasteiger partial charge in [0.25, 0.3) is 0 Å². The SMILES string of the molecule is CCc1ccc(C(Br)c2c(F)cc(F)cc2F)cc1CC. The van der Waals surface area contributed by atoms with Crippen molar-refractivity contribution in [1.29, 1.82) is 0 Å². The van der Waals surface area contributed by atoms with Crippen molar-refractivity contribution in [2.45, 2.75) is 31.5 Å². The lowest BCUT2D eigenvalue weighted by molar-refractivity contribution is 0.527. The molecule has 2 aromatic carbocycles. The van der Waals surface area contributed by atoms with Gasteiger partial charge in [-0.2, -0.15) is 0 Å². The van der Waals surface area contributed by atoms with E-state index in [1.54, 1.807) is 0 Å². The van der Waals surface area contributed by atoms with E-state index < -0.39 is 22.3 Å². The summed E-state index contributed by atoms with van der Waals surface area (Å²) >= 11 is 3.33. The van der Waals surface area contributed by atoms with Gasteiger partial charge in [0, 0.05) is 17.7 Å². The van der Waals surface area contributed by atoms with Crippen molar-refractivity contribution < 1.29 is 13.2 Å². The number of hydrogen-bond donors (Lipinski definition) is 0. The zero-order chi connectivity index (χ0) is 15.6. The number of rotatable bonds is 4. The maximum atomic E-state index is 13.9. The molecule has 0 spiro atoms. The zero-order valence-corrected chi connectivity index (χ0v) is 13.5. The van der Waals surface area contributed by atoms with Crippen LogP contribution in [-0.4, -0.2) is 0 Å². The Labute approximate surface area is 131 Å². The van der Waals surface area contributed by atoms with E-state index in [0.29, 0.717) is 12.1 Å². The number of alkyl halides is 1. The summed E-state index contributed by atoms with van der Waals surface area (Å²) in [5, 5.41) is 0. The largest absolute Gasteiger partial charge is 0.207 e. The molecular weight excluding hydrogens is 341 g/mol. The van der Waals surface area contributed by atoms with Crippen molar-refractivity contribution in [3.05, 3.63) is 70.0 Å². The molecule has 0 aliphatic heterocycles. The molecule has 2 rings (SSSR count). The van der Waals surface area contributed by atoms with Gasteiger partial charge in [-0.05, 0) is 29.5 Å². The van der Waals surface area contributed by atoms with Crippen molar-refractivity contribution in [1.82, 2.24) is 0 Å². The molecule has 0 aromatic heterocycles. The molecule has 112 valence electrons. The number of benzene rings is 2. The standard InChI is InChI=1S/C17H16BrF3/c1-3-10-5-6-12(7-11(10)4-2)17(18)16-14(20)8-13(19)9-15(16)21/h5-9,17H,3-4H2,1-2H3. The first-order valence-corrected chi connectivity index (χ1v) is 7.79. The molecule has 0 saturated heterocycles. The molecule has 2 aromatic rings. The molecule has 0 saturated carbocycles. The van der Waals surface area contributed by atoms with E-state index in [1.807, 2.05) is 25.1 Å². The van der Waals surface area contributed by atoms with Crippen LogP contribution in [0.1, 0.15) is 40.9 Å². The molecule has 4 heteroatoms. The summed E-state index contributed by atoms with van der Waals surface area (Å²) in [6.07, 6.45) is 1.76. The lowest BCUT2D eigenvalue weighted by atomic mass is 9.96. The number of aryl methyl sites for hydroxylation is 2. The topological polar surface area (TPSA) is 0 Å². The van der Waals surface area contributed by atoms with Crippen LogP contribution in [-0.2, 0) is 12.8 Å². The Kier molecular flexibility index (Phi) is 5.09. The third-order valence-corrected chi connectivity index (χ3v) is 4.57. The van der Waals surface area contributed by atoms with Crippen molar-refractivity contribution in [3.63, 3.8) is 0 Å². The lowest BCUT2D eigenvalue weighted by Gasteiger charge is -2.15. The number of halogens is 4. The Hall–Kier alpha value is -1.29. The first-order valence-electron chi connectivity index (χ1n) is 6.88. The molecule has 0 aliphatic rings. The summed E-state index contributed by atoms with van der Waals surface area (Å²) in [5.74, 6) is -2.68. The van der Waals surface area contributed by atoms with Crippen molar-refractivity contribution in [2.75, 3.05) is 0 Å². The highest BCUT2D eigenvalue weighted by Gasteiger charge is 2.21. The van der Waals surface area contributed by atoms with Crippen LogP contribution in [0.5, 0.6) is 0 Å². The highest BCUT2D eigenvalue weighted by molar-refractivity contribution is 9.09. The molecule has 0 heterocycles. The second-order valence-electron chi connectivity index (χ2n) is 4.88. The third kappa shape index (κ3) is 3.31. The molecule has 1 unspecified atom stereocenters. The van der Waals surface area contributed by atoms with E-state index in [4.69, 9.17) is 0 Å². The van der Waals surface area contributed by atoms with Gasteiger partial charge in [-0.3, -0.25) is 0 Å². The highest BCUT2D eigenvalue weighted by atomic mass is 79.9. The van der Waals surface area contributed by atoms with Gasteiger partial charge in [0.15, 0.2) is 0 Å². The smallest absolute Gasteiger partial charge is 0.133 e. The molecule has 0 radical (unpaired) electrons. The van der Waals surface area contributed by atoms with Gasteiger partial charge in [0.2, 0.25) is 0 Å². The van der Waals surface area contributed by atoms with Gasteiger partial charge >= 0.3 is 0 Å². The van der Waals surface area contributed by atoms with Crippen molar-refractivity contribution in [3.8, 4) is 0 Å². The van der Waals surface area contributed by atoms with E-state index in [0.717, 1.165) is 24.0 Å². The Morgan fingerprint density at radius 3 is 2.00 bits per heavy atom. The summed E-state index contributed by atoms with van der Waals surface area (Å²) in [6, 6.07) is 7.17. The molecular formula is C17H16BrF3. The quantitative estimate of drug-likeness (QED) is 0.615. The van der Waals surface area contributed by atoms with E-state index in [2.05, 4.69) is 22.9 Å². The van der Waals surface area contributed by atoms with Crippen LogP contribution in [0, 0.1) is 17.5 Å². The minimum atomic E-state index is -0.913. The van der Waals surface area contributed by atoms with Crippen LogP contribution in [0.25, 0.3) is 0 Å². The Bertz CT molecular complexity index is 629. The van der Waals surface area contributed by atoms with Gasteiger partial charge in [0.1, 0.15) is 17.5 Å². The normalized spacial score (nSPS) is 12.5. The second-order valence-corrected chi connectivity index (χ2v) is 5.80. The van der Waals surface area contributed by atoms with Crippen LogP contribution in [0.2, 0.25) is 0 Å².